The number of thiazole rings is 1. The van der Waals surface area contributed by atoms with Crippen molar-refractivity contribution in [2.24, 2.45) is 0 Å². The Kier molecular flexibility index (Phi) is 4.98. The van der Waals surface area contributed by atoms with Crippen molar-refractivity contribution in [1.29, 1.82) is 0 Å². The van der Waals surface area contributed by atoms with E-state index >= 15 is 0 Å². The Balaban J connectivity index is 2.26. The van der Waals surface area contributed by atoms with Gasteiger partial charge < -0.3 is 5.11 Å². The van der Waals surface area contributed by atoms with Crippen molar-refractivity contribution < 1.29 is 13.5 Å². The average molecular weight is 397 g/mol. The van der Waals surface area contributed by atoms with Crippen LogP contribution in [0.1, 0.15) is 15.6 Å². The van der Waals surface area contributed by atoms with Gasteiger partial charge in [0.1, 0.15) is 4.90 Å². The predicted molar refractivity (Wildman–Crippen MR) is 83.4 cm³/mol. The van der Waals surface area contributed by atoms with Crippen LogP contribution in [0.2, 0.25) is 0 Å². The van der Waals surface area contributed by atoms with E-state index in [-0.39, 0.29) is 18.0 Å². The molecule has 0 atom stereocenters. The zero-order valence-corrected chi connectivity index (χ0v) is 14.9. The Morgan fingerprint density at radius 3 is 2.70 bits per heavy atom. The summed E-state index contributed by atoms with van der Waals surface area (Å²) in [6.07, 6.45) is 0. The SMILES string of the molecule is Cc1nc(CN(C)S(=O)(=O)c2cc(CO)sc2Br)cs1. The lowest BCUT2D eigenvalue weighted by atomic mass is 10.5. The molecule has 2 aromatic heterocycles. The smallest absolute Gasteiger partial charge is 0.245 e. The van der Waals surface area contributed by atoms with Crippen LogP contribution in [0.25, 0.3) is 0 Å². The maximum absolute atomic E-state index is 12.5. The van der Waals surface area contributed by atoms with Gasteiger partial charge in [-0.3, -0.25) is 0 Å². The molecule has 0 aliphatic rings. The molecule has 20 heavy (non-hydrogen) atoms. The summed E-state index contributed by atoms with van der Waals surface area (Å²) in [5, 5.41) is 11.8. The van der Waals surface area contributed by atoms with Gasteiger partial charge >= 0.3 is 0 Å². The second-order valence-corrected chi connectivity index (χ2v) is 9.66. The van der Waals surface area contributed by atoms with Crippen molar-refractivity contribution in [2.75, 3.05) is 7.05 Å². The Hall–Kier alpha value is -0.320. The topological polar surface area (TPSA) is 70.5 Å². The Morgan fingerprint density at radius 2 is 2.20 bits per heavy atom. The number of aliphatic hydroxyl groups is 1. The minimum Gasteiger partial charge on any atom is -0.391 e. The minimum absolute atomic E-state index is 0.173. The predicted octanol–water partition coefficient (Wildman–Crippen LogP) is 2.59. The highest BCUT2D eigenvalue weighted by molar-refractivity contribution is 9.11. The molecule has 2 rings (SSSR count). The summed E-state index contributed by atoms with van der Waals surface area (Å²) in [6, 6.07) is 1.49. The van der Waals surface area contributed by atoms with Crippen LogP contribution in [-0.2, 0) is 23.2 Å². The van der Waals surface area contributed by atoms with Crippen LogP contribution >= 0.6 is 38.6 Å². The quantitative estimate of drug-likeness (QED) is 0.842. The first kappa shape index (κ1) is 16.1. The maximum Gasteiger partial charge on any atom is 0.245 e. The number of thiophene rings is 1. The van der Waals surface area contributed by atoms with E-state index < -0.39 is 10.0 Å². The highest BCUT2D eigenvalue weighted by atomic mass is 79.9. The molecular weight excluding hydrogens is 384 g/mol. The number of hydrogen-bond donors (Lipinski definition) is 1. The van der Waals surface area contributed by atoms with Crippen LogP contribution in [0.3, 0.4) is 0 Å². The molecule has 0 aliphatic carbocycles. The molecule has 0 unspecified atom stereocenters. The first-order valence-corrected chi connectivity index (χ1v) is 9.54. The minimum atomic E-state index is -3.60. The fraction of sp³-hybridized carbons (Fsp3) is 0.364. The molecule has 5 nitrogen and oxygen atoms in total. The number of nitrogens with zero attached hydrogens (tertiary/aromatic N) is 2. The van der Waals surface area contributed by atoms with Gasteiger partial charge in [0.25, 0.3) is 0 Å². The third kappa shape index (κ3) is 3.29. The molecule has 2 aromatic rings. The van der Waals surface area contributed by atoms with Gasteiger partial charge in [0.2, 0.25) is 10.0 Å². The monoisotopic (exact) mass is 396 g/mol. The molecule has 0 aromatic carbocycles. The summed E-state index contributed by atoms with van der Waals surface area (Å²) < 4.78 is 26.7. The van der Waals surface area contributed by atoms with Crippen molar-refractivity contribution in [3.63, 3.8) is 0 Å². The molecule has 2 heterocycles. The number of aromatic nitrogens is 1. The normalized spacial score (nSPS) is 12.2. The van der Waals surface area contributed by atoms with Gasteiger partial charge in [-0.25, -0.2) is 13.4 Å². The second kappa shape index (κ2) is 6.20. The van der Waals surface area contributed by atoms with Gasteiger partial charge in [0.15, 0.2) is 0 Å². The van der Waals surface area contributed by atoms with Crippen LogP contribution in [-0.4, -0.2) is 29.9 Å². The van der Waals surface area contributed by atoms with Crippen LogP contribution in [0.5, 0.6) is 0 Å². The van der Waals surface area contributed by atoms with Crippen LogP contribution in [0.15, 0.2) is 20.1 Å². The summed E-state index contributed by atoms with van der Waals surface area (Å²) in [5.74, 6) is 0. The molecule has 0 bridgehead atoms. The number of hydrogen-bond acceptors (Lipinski definition) is 6. The molecule has 0 saturated heterocycles. The molecule has 110 valence electrons. The molecule has 0 amide bonds. The van der Waals surface area contributed by atoms with E-state index in [1.165, 1.54) is 40.1 Å². The Morgan fingerprint density at radius 1 is 1.50 bits per heavy atom. The van der Waals surface area contributed by atoms with E-state index in [1.54, 1.807) is 0 Å². The molecule has 0 spiro atoms. The lowest BCUT2D eigenvalue weighted by molar-refractivity contribution is 0.285. The summed E-state index contributed by atoms with van der Waals surface area (Å²) >= 11 is 5.95. The lowest BCUT2D eigenvalue weighted by Gasteiger charge is -2.15. The highest BCUT2D eigenvalue weighted by Gasteiger charge is 2.26. The summed E-state index contributed by atoms with van der Waals surface area (Å²) in [6.45, 7) is 1.93. The zero-order chi connectivity index (χ0) is 14.9. The van der Waals surface area contributed by atoms with Gasteiger partial charge in [-0.2, -0.15) is 4.31 Å². The van der Waals surface area contributed by atoms with Crippen molar-refractivity contribution >= 4 is 48.6 Å². The van der Waals surface area contributed by atoms with Crippen molar-refractivity contribution in [1.82, 2.24) is 9.29 Å². The Labute approximate surface area is 134 Å². The zero-order valence-electron chi connectivity index (χ0n) is 10.8. The number of aryl methyl sites for hydroxylation is 1. The molecule has 0 fully saturated rings. The molecule has 1 N–H and O–H groups in total. The summed E-state index contributed by atoms with van der Waals surface area (Å²) in [7, 11) is -2.08. The second-order valence-electron chi connectivity index (χ2n) is 4.13. The average Bonchev–Trinajstić information content (AvgIpc) is 2.95. The summed E-state index contributed by atoms with van der Waals surface area (Å²) in [4.78, 5) is 5.05. The highest BCUT2D eigenvalue weighted by Crippen LogP contribution is 2.33. The fourth-order valence-corrected chi connectivity index (χ4v) is 5.85. The summed E-state index contributed by atoms with van der Waals surface area (Å²) in [5.41, 5.74) is 0.729. The molecule has 0 radical (unpaired) electrons. The first-order chi connectivity index (χ1) is 9.34. The molecular formula is C11H13BrN2O3S3. The van der Waals surface area contributed by atoms with E-state index in [9.17, 15) is 8.42 Å². The van der Waals surface area contributed by atoms with Crippen molar-refractivity contribution in [2.45, 2.75) is 25.0 Å². The van der Waals surface area contributed by atoms with E-state index in [0.29, 0.717) is 8.66 Å². The number of rotatable bonds is 5. The van der Waals surface area contributed by atoms with Gasteiger partial charge in [0, 0.05) is 17.3 Å². The van der Waals surface area contributed by atoms with Crippen LogP contribution in [0.4, 0.5) is 0 Å². The van der Waals surface area contributed by atoms with Crippen LogP contribution in [0, 0.1) is 6.92 Å². The molecule has 0 aliphatic heterocycles. The number of sulfonamides is 1. The van der Waals surface area contributed by atoms with Gasteiger partial charge in [-0.05, 0) is 28.9 Å². The maximum atomic E-state index is 12.5. The molecule has 9 heteroatoms. The lowest BCUT2D eigenvalue weighted by Crippen LogP contribution is -2.26. The van der Waals surface area contributed by atoms with Gasteiger partial charge in [-0.1, -0.05) is 0 Å². The van der Waals surface area contributed by atoms with E-state index in [1.807, 2.05) is 12.3 Å². The van der Waals surface area contributed by atoms with E-state index in [2.05, 4.69) is 20.9 Å². The first-order valence-electron chi connectivity index (χ1n) is 5.61. The third-order valence-corrected chi connectivity index (χ3v) is 7.46. The van der Waals surface area contributed by atoms with Gasteiger partial charge in [0.05, 0.1) is 27.6 Å². The largest absolute Gasteiger partial charge is 0.391 e. The van der Waals surface area contributed by atoms with Crippen LogP contribution < -0.4 is 0 Å². The third-order valence-electron chi connectivity index (χ3n) is 2.60. The van der Waals surface area contributed by atoms with E-state index in [0.717, 1.165) is 10.7 Å². The Bertz CT molecular complexity index is 708. The van der Waals surface area contributed by atoms with Gasteiger partial charge in [-0.15, -0.1) is 22.7 Å². The molecule has 0 saturated carbocycles. The number of aliphatic hydroxyl groups excluding tert-OH is 1. The standard InChI is InChI=1S/C11H13BrN2O3S3/c1-7-13-8(6-18-7)4-14(2)20(16,17)10-3-9(5-15)19-11(10)12/h3,6,15H,4-5H2,1-2H3. The van der Waals surface area contributed by atoms with Crippen molar-refractivity contribution in [3.05, 3.63) is 30.8 Å². The number of halogens is 1. The van der Waals surface area contributed by atoms with Crippen molar-refractivity contribution in [3.8, 4) is 0 Å². The fourth-order valence-electron chi connectivity index (χ4n) is 1.61. The van der Waals surface area contributed by atoms with E-state index in [4.69, 9.17) is 5.11 Å².